The van der Waals surface area contributed by atoms with Gasteiger partial charge in [0.2, 0.25) is 5.91 Å². The fourth-order valence-corrected chi connectivity index (χ4v) is 4.09. The van der Waals surface area contributed by atoms with Crippen molar-refractivity contribution >= 4 is 29.3 Å². The van der Waals surface area contributed by atoms with E-state index in [1.165, 1.54) is 0 Å². The summed E-state index contributed by atoms with van der Waals surface area (Å²) in [5, 5.41) is 6.25. The predicted molar refractivity (Wildman–Crippen MR) is 102 cm³/mol. The van der Waals surface area contributed by atoms with Crippen molar-refractivity contribution in [1.82, 2.24) is 15.1 Å². The first-order valence-electron chi connectivity index (χ1n) is 8.85. The maximum Gasteiger partial charge on any atom is 0.253 e. The molecule has 0 unspecified atom stereocenters. The van der Waals surface area contributed by atoms with Crippen molar-refractivity contribution in [2.24, 2.45) is 0 Å². The maximum atomic E-state index is 12.6. The summed E-state index contributed by atoms with van der Waals surface area (Å²) in [6.45, 7) is 6.78. The van der Waals surface area contributed by atoms with Crippen molar-refractivity contribution in [2.75, 3.05) is 56.1 Å². The number of piperazine rings is 1. The molecule has 0 radical (unpaired) electrons. The zero-order valence-corrected chi connectivity index (χ0v) is 15.5. The topological polar surface area (TPSA) is 64.7 Å². The molecular weight excluding hydrogens is 336 g/mol. The van der Waals surface area contributed by atoms with Crippen LogP contribution < -0.4 is 10.6 Å². The molecule has 1 aromatic carbocycles. The molecule has 2 aliphatic heterocycles. The number of rotatable bonds is 4. The highest BCUT2D eigenvalue weighted by Gasteiger charge is 2.21. The Labute approximate surface area is 153 Å². The van der Waals surface area contributed by atoms with E-state index in [2.05, 4.69) is 22.5 Å². The molecule has 1 atom stereocenters. The Bertz CT molecular complexity index is 619. The lowest BCUT2D eigenvalue weighted by Crippen LogP contribution is -2.51. The second kappa shape index (κ2) is 8.69. The molecule has 2 saturated heterocycles. The van der Waals surface area contributed by atoms with Gasteiger partial charge < -0.3 is 15.5 Å². The number of benzene rings is 1. The summed E-state index contributed by atoms with van der Waals surface area (Å²) in [4.78, 5) is 29.0. The summed E-state index contributed by atoms with van der Waals surface area (Å²) in [7, 11) is 0. The van der Waals surface area contributed by atoms with E-state index in [1.807, 2.05) is 34.9 Å². The highest BCUT2D eigenvalue weighted by atomic mass is 32.2. The molecule has 2 amide bonds. The third kappa shape index (κ3) is 4.96. The summed E-state index contributed by atoms with van der Waals surface area (Å²) in [5.74, 6) is 2.00. The van der Waals surface area contributed by atoms with Gasteiger partial charge in [0.05, 0.1) is 6.54 Å². The van der Waals surface area contributed by atoms with Crippen LogP contribution in [0.15, 0.2) is 24.3 Å². The van der Waals surface area contributed by atoms with Gasteiger partial charge in [-0.3, -0.25) is 14.5 Å². The molecule has 2 aliphatic rings. The SMILES string of the molecule is C[C@@H]1CNCCN1CC(=O)Nc1cccc(C(=O)N2CCSCC2)c1. The summed E-state index contributed by atoms with van der Waals surface area (Å²) in [6, 6.07) is 7.61. The van der Waals surface area contributed by atoms with Gasteiger partial charge in [0.25, 0.3) is 5.91 Å². The van der Waals surface area contributed by atoms with E-state index < -0.39 is 0 Å². The van der Waals surface area contributed by atoms with Gasteiger partial charge in [-0.1, -0.05) is 6.07 Å². The lowest BCUT2D eigenvalue weighted by molar-refractivity contribution is -0.118. The van der Waals surface area contributed by atoms with Gasteiger partial charge in [0.15, 0.2) is 0 Å². The summed E-state index contributed by atoms with van der Waals surface area (Å²) >= 11 is 1.88. The number of amides is 2. The first-order chi connectivity index (χ1) is 12.1. The minimum atomic E-state index is -0.0345. The molecule has 0 bridgehead atoms. The first-order valence-corrected chi connectivity index (χ1v) is 10.0. The number of thioether (sulfide) groups is 1. The van der Waals surface area contributed by atoms with E-state index in [0.29, 0.717) is 23.8 Å². The fraction of sp³-hybridized carbons (Fsp3) is 0.556. The lowest BCUT2D eigenvalue weighted by Gasteiger charge is -2.33. The smallest absolute Gasteiger partial charge is 0.253 e. The molecule has 2 fully saturated rings. The van der Waals surface area contributed by atoms with Gasteiger partial charge in [-0.2, -0.15) is 11.8 Å². The minimum Gasteiger partial charge on any atom is -0.337 e. The number of anilines is 1. The zero-order valence-electron chi connectivity index (χ0n) is 14.7. The lowest BCUT2D eigenvalue weighted by atomic mass is 10.1. The van der Waals surface area contributed by atoms with E-state index in [9.17, 15) is 9.59 Å². The average molecular weight is 362 g/mol. The number of hydrogen-bond acceptors (Lipinski definition) is 5. The van der Waals surface area contributed by atoms with Crippen LogP contribution >= 0.6 is 11.8 Å². The van der Waals surface area contributed by atoms with E-state index in [1.54, 1.807) is 6.07 Å². The first kappa shape index (κ1) is 18.2. The molecule has 2 N–H and O–H groups in total. The van der Waals surface area contributed by atoms with Crippen LogP contribution in [0.3, 0.4) is 0 Å². The van der Waals surface area contributed by atoms with Gasteiger partial charge in [-0.05, 0) is 25.1 Å². The second-order valence-electron chi connectivity index (χ2n) is 6.56. The highest BCUT2D eigenvalue weighted by molar-refractivity contribution is 7.99. The van der Waals surface area contributed by atoms with Crippen LogP contribution in [0.5, 0.6) is 0 Å². The molecule has 0 saturated carbocycles. The van der Waals surface area contributed by atoms with Crippen LogP contribution in [0, 0.1) is 0 Å². The Hall–Kier alpha value is -1.57. The number of nitrogens with zero attached hydrogens (tertiary/aromatic N) is 2. The number of carbonyl (C=O) groups is 2. The van der Waals surface area contributed by atoms with Gasteiger partial charge in [-0.25, -0.2) is 0 Å². The van der Waals surface area contributed by atoms with Crippen molar-refractivity contribution in [3.63, 3.8) is 0 Å². The minimum absolute atomic E-state index is 0.0345. The molecule has 3 rings (SSSR count). The van der Waals surface area contributed by atoms with Crippen LogP contribution in [-0.2, 0) is 4.79 Å². The predicted octanol–water partition coefficient (Wildman–Crippen LogP) is 1.11. The van der Waals surface area contributed by atoms with Crippen LogP contribution in [0.1, 0.15) is 17.3 Å². The Morgan fingerprint density at radius 2 is 2.08 bits per heavy atom. The molecule has 1 aromatic rings. The average Bonchev–Trinajstić information content (AvgIpc) is 2.64. The molecular formula is C18H26N4O2S. The van der Waals surface area contributed by atoms with E-state index in [-0.39, 0.29) is 11.8 Å². The van der Waals surface area contributed by atoms with Crippen molar-refractivity contribution in [3.05, 3.63) is 29.8 Å². The molecule has 0 aliphatic carbocycles. The summed E-state index contributed by atoms with van der Waals surface area (Å²) in [6.07, 6.45) is 0. The van der Waals surface area contributed by atoms with Crippen molar-refractivity contribution < 1.29 is 9.59 Å². The molecule has 136 valence electrons. The standard InChI is InChI=1S/C18H26N4O2S/c1-14-12-19-5-6-22(14)13-17(23)20-16-4-2-3-15(11-16)18(24)21-7-9-25-10-8-21/h2-4,11,14,19H,5-10,12-13H2,1H3,(H,20,23)/t14-/m1/s1. The maximum absolute atomic E-state index is 12.6. The Balaban J connectivity index is 1.59. The van der Waals surface area contributed by atoms with Crippen LogP contribution in [0.2, 0.25) is 0 Å². The van der Waals surface area contributed by atoms with Crippen molar-refractivity contribution in [1.29, 1.82) is 0 Å². The zero-order chi connectivity index (χ0) is 17.6. The Morgan fingerprint density at radius 3 is 2.84 bits per heavy atom. The van der Waals surface area contributed by atoms with Gasteiger partial charge in [0, 0.05) is 61.5 Å². The van der Waals surface area contributed by atoms with Crippen molar-refractivity contribution in [2.45, 2.75) is 13.0 Å². The van der Waals surface area contributed by atoms with Gasteiger partial charge in [-0.15, -0.1) is 0 Å². The van der Waals surface area contributed by atoms with Crippen LogP contribution in [0.25, 0.3) is 0 Å². The molecule has 0 spiro atoms. The molecule has 25 heavy (non-hydrogen) atoms. The monoisotopic (exact) mass is 362 g/mol. The third-order valence-electron chi connectivity index (χ3n) is 4.68. The summed E-state index contributed by atoms with van der Waals surface area (Å²) in [5.41, 5.74) is 1.32. The number of carbonyl (C=O) groups excluding carboxylic acids is 2. The Kier molecular flexibility index (Phi) is 6.34. The second-order valence-corrected chi connectivity index (χ2v) is 7.78. The molecule has 2 heterocycles. The van der Waals surface area contributed by atoms with Crippen molar-refractivity contribution in [3.8, 4) is 0 Å². The number of nitrogens with one attached hydrogen (secondary N) is 2. The largest absolute Gasteiger partial charge is 0.337 e. The normalized spacial score (nSPS) is 21.8. The van der Waals surface area contributed by atoms with E-state index in [4.69, 9.17) is 0 Å². The summed E-state index contributed by atoms with van der Waals surface area (Å²) < 4.78 is 0. The van der Waals surface area contributed by atoms with Gasteiger partial charge >= 0.3 is 0 Å². The molecule has 0 aromatic heterocycles. The third-order valence-corrected chi connectivity index (χ3v) is 5.62. The van der Waals surface area contributed by atoms with Crippen LogP contribution in [0.4, 0.5) is 5.69 Å². The number of hydrogen-bond donors (Lipinski definition) is 2. The quantitative estimate of drug-likeness (QED) is 0.840. The van der Waals surface area contributed by atoms with Crippen LogP contribution in [-0.4, -0.2) is 78.4 Å². The van der Waals surface area contributed by atoms with Gasteiger partial charge in [0.1, 0.15) is 0 Å². The molecule has 6 nitrogen and oxygen atoms in total. The molecule has 7 heteroatoms. The fourth-order valence-electron chi connectivity index (χ4n) is 3.18. The highest BCUT2D eigenvalue weighted by Crippen LogP contribution is 2.16. The van der Waals surface area contributed by atoms with E-state index >= 15 is 0 Å². The van der Waals surface area contributed by atoms with E-state index in [0.717, 1.165) is 44.2 Å². The Morgan fingerprint density at radius 1 is 1.28 bits per heavy atom.